The van der Waals surface area contributed by atoms with Gasteiger partial charge in [-0.05, 0) is 37.0 Å². The molecule has 1 aromatic carbocycles. The molecule has 0 N–H and O–H groups in total. The fraction of sp³-hybridized carbons (Fsp3) is 0.500. The Kier molecular flexibility index (Phi) is 5.43. The van der Waals surface area contributed by atoms with E-state index in [9.17, 15) is 0 Å². The van der Waals surface area contributed by atoms with Crippen molar-refractivity contribution in [3.8, 4) is 0 Å². The molecule has 0 saturated carbocycles. The van der Waals surface area contributed by atoms with Crippen LogP contribution in [0, 0.1) is 0 Å². The molecule has 1 heterocycles. The first-order valence-corrected chi connectivity index (χ1v) is 6.93. The summed E-state index contributed by atoms with van der Waals surface area (Å²) in [6.45, 7) is 1.44. The zero-order chi connectivity index (χ0) is 13.5. The fourth-order valence-electron chi connectivity index (χ4n) is 2.07. The Morgan fingerprint density at radius 3 is 2.68 bits per heavy atom. The van der Waals surface area contributed by atoms with Gasteiger partial charge in [-0.25, -0.2) is 0 Å². The minimum absolute atomic E-state index is 0.00508. The monoisotopic (exact) mass is 261 g/mol. The van der Waals surface area contributed by atoms with Gasteiger partial charge in [0, 0.05) is 26.4 Å². The topological polar surface area (TPSA) is 21.7 Å². The third-order valence-corrected chi connectivity index (χ3v) is 3.24. The largest absolute Gasteiger partial charge is 0.378 e. The van der Waals surface area contributed by atoms with E-state index in [0.717, 1.165) is 19.4 Å². The number of anilines is 1. The first kappa shape index (κ1) is 14.1. The van der Waals surface area contributed by atoms with Crippen molar-refractivity contribution in [3.05, 3.63) is 35.9 Å². The molecule has 3 nitrogen and oxygen atoms in total. The molecule has 1 aromatic rings. The normalized spacial score (nSPS) is 19.8. The molecule has 1 aliphatic heterocycles. The molecule has 0 amide bonds. The first-order valence-electron chi connectivity index (χ1n) is 6.93. The van der Waals surface area contributed by atoms with Gasteiger partial charge in [0.1, 0.15) is 0 Å². The van der Waals surface area contributed by atoms with E-state index in [4.69, 9.17) is 9.47 Å². The number of hydrogen-bond donors (Lipinski definition) is 0. The van der Waals surface area contributed by atoms with Crippen LogP contribution >= 0.6 is 0 Å². The van der Waals surface area contributed by atoms with Crippen molar-refractivity contribution in [1.82, 2.24) is 0 Å². The molecule has 0 radical (unpaired) electrons. The van der Waals surface area contributed by atoms with Gasteiger partial charge < -0.3 is 14.4 Å². The lowest BCUT2D eigenvalue weighted by Gasteiger charge is -2.21. The molecule has 1 unspecified atom stereocenters. The number of ether oxygens (including phenoxy) is 2. The van der Waals surface area contributed by atoms with Crippen LogP contribution in [0.4, 0.5) is 5.69 Å². The van der Waals surface area contributed by atoms with E-state index in [2.05, 4.69) is 35.2 Å². The van der Waals surface area contributed by atoms with Crippen LogP contribution in [0.2, 0.25) is 0 Å². The summed E-state index contributed by atoms with van der Waals surface area (Å²) < 4.78 is 11.2. The van der Waals surface area contributed by atoms with Crippen molar-refractivity contribution in [2.75, 3.05) is 32.2 Å². The molecule has 0 spiro atoms. The van der Waals surface area contributed by atoms with E-state index in [1.165, 1.54) is 17.7 Å². The number of nitrogens with zero attached hydrogens (tertiary/aromatic N) is 1. The van der Waals surface area contributed by atoms with Gasteiger partial charge in [-0.15, -0.1) is 0 Å². The molecule has 0 bridgehead atoms. The summed E-state index contributed by atoms with van der Waals surface area (Å²) in [4.78, 5) is 2.09. The first-order chi connectivity index (χ1) is 9.25. The Hall–Kier alpha value is -1.32. The SMILES string of the molecule is CN(C)c1ccc(/C=C/COC2CCCCO2)cc1. The van der Waals surface area contributed by atoms with Gasteiger partial charge in [0.2, 0.25) is 0 Å². The smallest absolute Gasteiger partial charge is 0.157 e. The van der Waals surface area contributed by atoms with E-state index in [0.29, 0.717) is 6.61 Å². The second-order valence-electron chi connectivity index (χ2n) is 5.02. The number of benzene rings is 1. The molecule has 0 aliphatic carbocycles. The molecule has 1 atom stereocenters. The zero-order valence-corrected chi connectivity index (χ0v) is 11.8. The molecule has 104 valence electrons. The van der Waals surface area contributed by atoms with Crippen molar-refractivity contribution in [3.63, 3.8) is 0 Å². The molecule has 1 aliphatic rings. The molecule has 0 aromatic heterocycles. The summed E-state index contributed by atoms with van der Waals surface area (Å²) in [6.07, 6.45) is 7.51. The second kappa shape index (κ2) is 7.31. The molecule has 1 fully saturated rings. The van der Waals surface area contributed by atoms with Gasteiger partial charge in [0.25, 0.3) is 0 Å². The van der Waals surface area contributed by atoms with E-state index < -0.39 is 0 Å². The summed E-state index contributed by atoms with van der Waals surface area (Å²) in [5.74, 6) is 0. The van der Waals surface area contributed by atoms with Gasteiger partial charge in [-0.1, -0.05) is 24.3 Å². The lowest BCUT2D eigenvalue weighted by Crippen LogP contribution is -2.22. The van der Waals surface area contributed by atoms with Crippen LogP contribution in [0.5, 0.6) is 0 Å². The predicted octanol–water partition coefficient (Wildman–Crippen LogP) is 3.31. The quantitative estimate of drug-likeness (QED) is 0.811. The average molecular weight is 261 g/mol. The van der Waals surface area contributed by atoms with Crippen LogP contribution < -0.4 is 4.90 Å². The maximum atomic E-state index is 5.65. The maximum absolute atomic E-state index is 5.65. The minimum Gasteiger partial charge on any atom is -0.378 e. The van der Waals surface area contributed by atoms with Gasteiger partial charge >= 0.3 is 0 Å². The van der Waals surface area contributed by atoms with Crippen molar-refractivity contribution in [1.29, 1.82) is 0 Å². The molecule has 19 heavy (non-hydrogen) atoms. The lowest BCUT2D eigenvalue weighted by molar-refractivity contribution is -0.155. The molecule has 3 heteroatoms. The molecular weight excluding hydrogens is 238 g/mol. The Morgan fingerprint density at radius 1 is 1.26 bits per heavy atom. The standard InChI is InChI=1S/C16H23NO2/c1-17(2)15-10-8-14(9-11-15)6-5-13-19-16-7-3-4-12-18-16/h5-6,8-11,16H,3-4,7,12-13H2,1-2H3/b6-5+. The van der Waals surface area contributed by atoms with Crippen molar-refractivity contribution in [2.45, 2.75) is 25.6 Å². The van der Waals surface area contributed by atoms with Crippen LogP contribution in [0.25, 0.3) is 6.08 Å². The van der Waals surface area contributed by atoms with Gasteiger partial charge in [-0.2, -0.15) is 0 Å². The van der Waals surface area contributed by atoms with Crippen LogP contribution in [0.1, 0.15) is 24.8 Å². The fourth-order valence-corrected chi connectivity index (χ4v) is 2.07. The van der Waals surface area contributed by atoms with Crippen molar-refractivity contribution in [2.24, 2.45) is 0 Å². The summed E-state index contributed by atoms with van der Waals surface area (Å²) in [7, 11) is 4.09. The molecule has 1 saturated heterocycles. The summed E-state index contributed by atoms with van der Waals surface area (Å²) in [5, 5.41) is 0. The van der Waals surface area contributed by atoms with Crippen molar-refractivity contribution >= 4 is 11.8 Å². The van der Waals surface area contributed by atoms with E-state index in [1.807, 2.05) is 20.2 Å². The van der Waals surface area contributed by atoms with Crippen molar-refractivity contribution < 1.29 is 9.47 Å². The summed E-state index contributed by atoms with van der Waals surface area (Å²) in [6, 6.07) is 8.46. The van der Waals surface area contributed by atoms with Gasteiger partial charge in [0.15, 0.2) is 6.29 Å². The average Bonchev–Trinajstić information content (AvgIpc) is 2.45. The third-order valence-electron chi connectivity index (χ3n) is 3.24. The molecular formula is C16H23NO2. The second-order valence-corrected chi connectivity index (χ2v) is 5.02. The van der Waals surface area contributed by atoms with Gasteiger partial charge in [-0.3, -0.25) is 0 Å². The van der Waals surface area contributed by atoms with E-state index >= 15 is 0 Å². The minimum atomic E-state index is -0.00508. The van der Waals surface area contributed by atoms with Gasteiger partial charge in [0.05, 0.1) is 6.61 Å². The Balaban J connectivity index is 1.75. The summed E-state index contributed by atoms with van der Waals surface area (Å²) in [5.41, 5.74) is 2.41. The predicted molar refractivity (Wildman–Crippen MR) is 79.3 cm³/mol. The highest BCUT2D eigenvalue weighted by Crippen LogP contribution is 2.15. The lowest BCUT2D eigenvalue weighted by atomic mass is 10.2. The highest BCUT2D eigenvalue weighted by molar-refractivity contribution is 5.55. The Labute approximate surface area is 115 Å². The highest BCUT2D eigenvalue weighted by atomic mass is 16.7. The van der Waals surface area contributed by atoms with Crippen LogP contribution in [-0.2, 0) is 9.47 Å². The van der Waals surface area contributed by atoms with E-state index in [-0.39, 0.29) is 6.29 Å². The number of rotatable bonds is 5. The van der Waals surface area contributed by atoms with Crippen LogP contribution in [-0.4, -0.2) is 33.6 Å². The number of hydrogen-bond acceptors (Lipinski definition) is 3. The Bertz CT molecular complexity index is 392. The Morgan fingerprint density at radius 2 is 2.05 bits per heavy atom. The summed E-state index contributed by atoms with van der Waals surface area (Å²) >= 11 is 0. The van der Waals surface area contributed by atoms with Crippen LogP contribution in [0.15, 0.2) is 30.3 Å². The van der Waals surface area contributed by atoms with Crippen LogP contribution in [0.3, 0.4) is 0 Å². The zero-order valence-electron chi connectivity index (χ0n) is 11.8. The maximum Gasteiger partial charge on any atom is 0.157 e. The third kappa shape index (κ3) is 4.69. The molecule has 2 rings (SSSR count). The van der Waals surface area contributed by atoms with E-state index in [1.54, 1.807) is 0 Å². The highest BCUT2D eigenvalue weighted by Gasteiger charge is 2.12.